The van der Waals surface area contributed by atoms with Crippen molar-refractivity contribution in [1.29, 1.82) is 0 Å². The summed E-state index contributed by atoms with van der Waals surface area (Å²) in [6.07, 6.45) is 1.77. The first-order valence-corrected chi connectivity index (χ1v) is 6.20. The van der Waals surface area contributed by atoms with Crippen molar-refractivity contribution in [2.24, 2.45) is 0 Å². The van der Waals surface area contributed by atoms with E-state index >= 15 is 0 Å². The number of anilines is 1. The maximum atomic E-state index is 11.8. The number of furan rings is 1. The summed E-state index contributed by atoms with van der Waals surface area (Å²) in [5.74, 6) is 0.605. The highest BCUT2D eigenvalue weighted by Crippen LogP contribution is 2.32. The van der Waals surface area contributed by atoms with E-state index in [1.54, 1.807) is 6.08 Å². The third kappa shape index (κ3) is 1.88. The lowest BCUT2D eigenvalue weighted by molar-refractivity contribution is -0.110. The number of halogens is 1. The second kappa shape index (κ2) is 4.03. The average molecular weight is 337 g/mol. The Kier molecular flexibility index (Phi) is 2.51. The van der Waals surface area contributed by atoms with E-state index < -0.39 is 0 Å². The molecule has 0 saturated heterocycles. The Bertz CT molecular complexity index is 628. The van der Waals surface area contributed by atoms with Gasteiger partial charge in [0.05, 0.1) is 5.57 Å². The maximum Gasteiger partial charge on any atom is 0.256 e. The van der Waals surface area contributed by atoms with E-state index in [4.69, 9.17) is 4.42 Å². The summed E-state index contributed by atoms with van der Waals surface area (Å²) in [6.45, 7) is 0. The number of para-hydroxylation sites is 1. The first-order valence-electron chi connectivity index (χ1n) is 5.12. The van der Waals surface area contributed by atoms with E-state index in [1.807, 2.05) is 36.4 Å². The topological polar surface area (TPSA) is 42.2 Å². The molecule has 0 unspecified atom stereocenters. The number of nitrogens with one attached hydrogen (secondary N) is 1. The van der Waals surface area contributed by atoms with Crippen molar-refractivity contribution in [2.45, 2.75) is 0 Å². The first kappa shape index (κ1) is 10.6. The van der Waals surface area contributed by atoms with Crippen LogP contribution in [0.5, 0.6) is 0 Å². The third-order valence-corrected chi connectivity index (χ3v) is 3.17. The molecule has 0 aliphatic carbocycles. The number of hydrogen-bond acceptors (Lipinski definition) is 2. The van der Waals surface area contributed by atoms with Gasteiger partial charge in [0.15, 0.2) is 3.77 Å². The molecule has 4 heteroatoms. The monoisotopic (exact) mass is 337 g/mol. The molecule has 3 nitrogen and oxygen atoms in total. The van der Waals surface area contributed by atoms with Gasteiger partial charge in [-0.15, -0.1) is 0 Å². The Morgan fingerprint density at radius 2 is 2.00 bits per heavy atom. The lowest BCUT2D eigenvalue weighted by atomic mass is 10.1. The predicted octanol–water partition coefficient (Wildman–Crippen LogP) is 3.38. The quantitative estimate of drug-likeness (QED) is 0.640. The van der Waals surface area contributed by atoms with Crippen molar-refractivity contribution in [3.8, 4) is 0 Å². The molecule has 0 fully saturated rings. The minimum Gasteiger partial charge on any atom is -0.451 e. The molecule has 0 bridgehead atoms. The molecule has 0 radical (unpaired) electrons. The van der Waals surface area contributed by atoms with Gasteiger partial charge in [0.25, 0.3) is 5.91 Å². The van der Waals surface area contributed by atoms with Crippen LogP contribution in [0.2, 0.25) is 0 Å². The van der Waals surface area contributed by atoms with Gasteiger partial charge in [-0.25, -0.2) is 0 Å². The number of rotatable bonds is 1. The summed E-state index contributed by atoms with van der Waals surface area (Å²) in [5, 5.41) is 2.82. The SMILES string of the molecule is O=C1Nc2ccccc2/C1=C/c1ccc(I)o1. The second-order valence-electron chi connectivity index (χ2n) is 3.70. The van der Waals surface area contributed by atoms with Gasteiger partial charge in [-0.1, -0.05) is 18.2 Å². The minimum atomic E-state index is -0.0855. The van der Waals surface area contributed by atoms with E-state index in [0.717, 1.165) is 15.0 Å². The number of amides is 1. The number of fused-ring (bicyclic) bond motifs is 1. The van der Waals surface area contributed by atoms with Crippen LogP contribution in [0.25, 0.3) is 11.6 Å². The van der Waals surface area contributed by atoms with Gasteiger partial charge >= 0.3 is 0 Å². The lowest BCUT2D eigenvalue weighted by Gasteiger charge is -1.95. The van der Waals surface area contributed by atoms with E-state index in [-0.39, 0.29) is 5.91 Å². The normalized spacial score (nSPS) is 16.1. The molecule has 1 amide bonds. The van der Waals surface area contributed by atoms with Crippen LogP contribution >= 0.6 is 22.6 Å². The molecule has 1 aromatic carbocycles. The van der Waals surface area contributed by atoms with Crippen molar-refractivity contribution in [3.63, 3.8) is 0 Å². The molecule has 0 atom stereocenters. The molecule has 1 N–H and O–H groups in total. The summed E-state index contributed by atoms with van der Waals surface area (Å²) in [7, 11) is 0. The Morgan fingerprint density at radius 1 is 1.18 bits per heavy atom. The van der Waals surface area contributed by atoms with Gasteiger partial charge in [-0.2, -0.15) is 0 Å². The van der Waals surface area contributed by atoms with Gasteiger partial charge in [0.1, 0.15) is 5.76 Å². The highest BCUT2D eigenvalue weighted by atomic mass is 127. The van der Waals surface area contributed by atoms with Crippen molar-refractivity contribution in [3.05, 3.63) is 51.5 Å². The Balaban J connectivity index is 2.09. The minimum absolute atomic E-state index is 0.0855. The molecule has 0 saturated carbocycles. The Labute approximate surface area is 112 Å². The fourth-order valence-electron chi connectivity index (χ4n) is 1.83. The number of hydrogen-bond donors (Lipinski definition) is 1. The van der Waals surface area contributed by atoms with Crippen LogP contribution in [0, 0.1) is 3.77 Å². The van der Waals surface area contributed by atoms with Crippen LogP contribution in [0.15, 0.2) is 40.8 Å². The van der Waals surface area contributed by atoms with Crippen LogP contribution in [0.4, 0.5) is 5.69 Å². The molecule has 1 aliphatic rings. The lowest BCUT2D eigenvalue weighted by Crippen LogP contribution is -2.03. The summed E-state index contributed by atoms with van der Waals surface area (Å²) in [6, 6.07) is 11.3. The molecular weight excluding hydrogens is 329 g/mol. The van der Waals surface area contributed by atoms with E-state index in [9.17, 15) is 4.79 Å². The summed E-state index contributed by atoms with van der Waals surface area (Å²) < 4.78 is 6.25. The summed E-state index contributed by atoms with van der Waals surface area (Å²) in [5.41, 5.74) is 2.42. The van der Waals surface area contributed by atoms with Crippen LogP contribution in [0.1, 0.15) is 11.3 Å². The molecule has 2 heterocycles. The largest absolute Gasteiger partial charge is 0.451 e. The van der Waals surface area contributed by atoms with Gasteiger partial charge in [0.2, 0.25) is 0 Å². The average Bonchev–Trinajstić information content (AvgIpc) is 2.85. The van der Waals surface area contributed by atoms with E-state index in [0.29, 0.717) is 11.3 Å². The van der Waals surface area contributed by atoms with Crippen LogP contribution in [0.3, 0.4) is 0 Å². The van der Waals surface area contributed by atoms with Gasteiger partial charge in [-0.05, 0) is 46.9 Å². The zero-order valence-corrected chi connectivity index (χ0v) is 10.9. The molecule has 1 aliphatic heterocycles. The molecule has 3 rings (SSSR count). The first-order chi connectivity index (χ1) is 8.24. The molecule has 17 heavy (non-hydrogen) atoms. The van der Waals surface area contributed by atoms with Crippen molar-refractivity contribution < 1.29 is 9.21 Å². The zero-order chi connectivity index (χ0) is 11.8. The summed E-state index contributed by atoms with van der Waals surface area (Å²) >= 11 is 2.10. The van der Waals surface area contributed by atoms with E-state index in [2.05, 4.69) is 27.9 Å². The molecule has 0 spiro atoms. The second-order valence-corrected chi connectivity index (χ2v) is 4.76. The predicted molar refractivity (Wildman–Crippen MR) is 74.4 cm³/mol. The number of benzene rings is 1. The molecule has 1 aromatic heterocycles. The van der Waals surface area contributed by atoms with Crippen LogP contribution in [-0.2, 0) is 4.79 Å². The Hall–Kier alpha value is -1.56. The number of carbonyl (C=O) groups excluding carboxylic acids is 1. The fourth-order valence-corrected chi connectivity index (χ4v) is 2.26. The van der Waals surface area contributed by atoms with Crippen LogP contribution < -0.4 is 5.32 Å². The number of carbonyl (C=O) groups is 1. The fraction of sp³-hybridized carbons (Fsp3) is 0. The zero-order valence-electron chi connectivity index (χ0n) is 8.74. The summed E-state index contributed by atoms with van der Waals surface area (Å²) in [4.78, 5) is 11.8. The molecule has 84 valence electrons. The van der Waals surface area contributed by atoms with Crippen molar-refractivity contribution in [1.82, 2.24) is 0 Å². The highest BCUT2D eigenvalue weighted by Gasteiger charge is 2.23. The van der Waals surface area contributed by atoms with Crippen LogP contribution in [-0.4, -0.2) is 5.91 Å². The molecular formula is C13H8INO2. The van der Waals surface area contributed by atoms with E-state index in [1.165, 1.54) is 0 Å². The highest BCUT2D eigenvalue weighted by molar-refractivity contribution is 14.1. The van der Waals surface area contributed by atoms with Crippen molar-refractivity contribution >= 4 is 45.8 Å². The Morgan fingerprint density at radius 3 is 2.76 bits per heavy atom. The standard InChI is InChI=1S/C13H8INO2/c14-12-6-5-8(17-12)7-10-9-3-1-2-4-11(9)15-13(10)16/h1-7H,(H,15,16)/b10-7-. The van der Waals surface area contributed by atoms with Gasteiger partial charge in [0, 0.05) is 11.3 Å². The third-order valence-electron chi connectivity index (χ3n) is 2.59. The van der Waals surface area contributed by atoms with Crippen molar-refractivity contribution in [2.75, 3.05) is 5.32 Å². The smallest absolute Gasteiger partial charge is 0.256 e. The maximum absolute atomic E-state index is 11.8. The van der Waals surface area contributed by atoms with Gasteiger partial charge in [-0.3, -0.25) is 4.79 Å². The van der Waals surface area contributed by atoms with Gasteiger partial charge < -0.3 is 9.73 Å². The molecule has 2 aromatic rings.